The Labute approximate surface area is 203 Å². The number of nitrogens with zero attached hydrogens (tertiary/aromatic N) is 5. The maximum atomic E-state index is 14.4. The quantitative estimate of drug-likeness (QED) is 0.681. The molecule has 35 heavy (non-hydrogen) atoms. The summed E-state index contributed by atoms with van der Waals surface area (Å²) in [4.78, 5) is 8.57. The summed E-state index contributed by atoms with van der Waals surface area (Å²) in [6.45, 7) is 7.30. The van der Waals surface area contributed by atoms with Gasteiger partial charge in [-0.25, -0.2) is 18.3 Å². The summed E-state index contributed by atoms with van der Waals surface area (Å²) in [5.74, 6) is -3.00. The van der Waals surface area contributed by atoms with Gasteiger partial charge in [0.2, 0.25) is 0 Å². The van der Waals surface area contributed by atoms with E-state index in [2.05, 4.69) is 19.9 Å². The monoisotopic (exact) mass is 492 g/mol. The van der Waals surface area contributed by atoms with Gasteiger partial charge in [-0.05, 0) is 51.9 Å². The molecule has 2 aromatic rings. The van der Waals surface area contributed by atoms with E-state index in [9.17, 15) is 8.78 Å². The number of fused-ring (bicyclic) bond motifs is 2. The van der Waals surface area contributed by atoms with Crippen LogP contribution in [0.15, 0.2) is 18.5 Å². The van der Waals surface area contributed by atoms with E-state index >= 15 is 0 Å². The van der Waals surface area contributed by atoms with Crippen molar-refractivity contribution in [2.45, 2.75) is 81.7 Å². The molecule has 2 N–H and O–H groups in total. The van der Waals surface area contributed by atoms with Crippen molar-refractivity contribution in [1.29, 1.82) is 0 Å². The first-order valence-corrected chi connectivity index (χ1v) is 12.6. The van der Waals surface area contributed by atoms with Crippen molar-refractivity contribution < 1.29 is 23.0 Å². The average molecular weight is 493 g/mol. The van der Waals surface area contributed by atoms with Gasteiger partial charge in [0.25, 0.3) is 5.92 Å². The molecule has 0 saturated carbocycles. The predicted molar refractivity (Wildman–Crippen MR) is 124 cm³/mol. The highest BCUT2D eigenvalue weighted by Crippen LogP contribution is 2.46. The highest BCUT2D eigenvalue weighted by atomic mass is 19.3. The third kappa shape index (κ3) is 4.42. The van der Waals surface area contributed by atoms with Gasteiger partial charge in [-0.15, -0.1) is 0 Å². The Morgan fingerprint density at radius 1 is 1.09 bits per heavy atom. The van der Waals surface area contributed by atoms with Crippen molar-refractivity contribution >= 4 is 11.3 Å². The van der Waals surface area contributed by atoms with Gasteiger partial charge in [0.1, 0.15) is 36.3 Å². The van der Waals surface area contributed by atoms with Crippen molar-refractivity contribution in [3.05, 3.63) is 24.2 Å². The second-order valence-electron chi connectivity index (χ2n) is 10.8. The summed E-state index contributed by atoms with van der Waals surface area (Å²) in [5, 5.41) is 4.37. The largest absolute Gasteiger partial charge is 0.382 e. The number of ether oxygens (including phenoxy) is 3. The summed E-state index contributed by atoms with van der Waals surface area (Å²) >= 11 is 0. The van der Waals surface area contributed by atoms with E-state index in [0.29, 0.717) is 31.0 Å². The molecule has 0 bridgehead atoms. The van der Waals surface area contributed by atoms with Crippen LogP contribution in [0, 0.1) is 0 Å². The van der Waals surface area contributed by atoms with Crippen molar-refractivity contribution in [1.82, 2.24) is 24.4 Å². The number of anilines is 1. The minimum Gasteiger partial charge on any atom is -0.382 e. The van der Waals surface area contributed by atoms with Crippen LogP contribution in [0.4, 0.5) is 14.6 Å². The number of halogens is 2. The molecule has 0 spiro atoms. The number of hydrogen-bond donors (Lipinski definition) is 1. The van der Waals surface area contributed by atoms with Gasteiger partial charge in [-0.2, -0.15) is 5.10 Å². The highest BCUT2D eigenvalue weighted by Gasteiger charge is 2.57. The fourth-order valence-electron chi connectivity index (χ4n) is 6.24. The zero-order valence-electron chi connectivity index (χ0n) is 20.3. The first kappa shape index (κ1) is 23.5. The molecular formula is C24H34F2N6O3. The number of aromatic nitrogens is 3. The van der Waals surface area contributed by atoms with Crippen molar-refractivity contribution in [2.75, 3.05) is 38.5 Å². The second kappa shape index (κ2) is 8.58. The Bertz CT molecular complexity index is 1070. The smallest absolute Gasteiger partial charge is 0.250 e. The number of alkyl halides is 2. The lowest BCUT2D eigenvalue weighted by Crippen LogP contribution is -2.54. The lowest BCUT2D eigenvalue weighted by atomic mass is 9.96. The predicted octanol–water partition coefficient (Wildman–Crippen LogP) is 2.47. The fourth-order valence-corrected chi connectivity index (χ4v) is 6.24. The standard InChI is InChI=1S/C24H34F2N6O3/c1-23(2)34-20-18(13-31-10-7-24(25,26)11-15(31)12-30-8-3-4-9-30)33-19(21(20)35-23)16-5-6-17-22(27)28-14-29-32(16)17/h5-6,14-15,18-21H,3-4,7-13H2,1-2H3,(H2,27,28,29)/t15-,18+,19-,20+,21-/m0/s1. The molecule has 0 aromatic carbocycles. The Morgan fingerprint density at radius 2 is 1.86 bits per heavy atom. The van der Waals surface area contributed by atoms with Gasteiger partial charge in [-0.1, -0.05) is 0 Å². The lowest BCUT2D eigenvalue weighted by Gasteiger charge is -2.42. The maximum absolute atomic E-state index is 14.4. The number of piperidine rings is 1. The van der Waals surface area contributed by atoms with Gasteiger partial charge < -0.3 is 24.8 Å². The number of likely N-dealkylation sites (tertiary alicyclic amines) is 2. The molecule has 6 rings (SSSR count). The van der Waals surface area contributed by atoms with Crippen LogP contribution in [0.1, 0.15) is 51.3 Å². The van der Waals surface area contributed by atoms with E-state index in [0.717, 1.165) is 31.6 Å². The van der Waals surface area contributed by atoms with Crippen LogP contribution < -0.4 is 5.73 Å². The third-order valence-electron chi connectivity index (χ3n) is 7.85. The van der Waals surface area contributed by atoms with Gasteiger partial charge >= 0.3 is 0 Å². The van der Waals surface area contributed by atoms with Gasteiger partial charge in [0.15, 0.2) is 11.6 Å². The SMILES string of the molecule is CC1(C)O[C@@H]2[C@H](O1)[C@@H](CN1CCC(F)(F)C[C@H]1CN1CCCC1)O[C@H]2c1ccc2c(N)ncnn12. The highest BCUT2D eigenvalue weighted by molar-refractivity contribution is 5.65. The van der Waals surface area contributed by atoms with Gasteiger partial charge in [0.05, 0.1) is 5.69 Å². The van der Waals surface area contributed by atoms with Crippen LogP contribution >= 0.6 is 0 Å². The normalized spacial score (nSPS) is 35.1. The first-order chi connectivity index (χ1) is 16.7. The number of hydrogen-bond acceptors (Lipinski definition) is 8. The molecule has 2 aromatic heterocycles. The first-order valence-electron chi connectivity index (χ1n) is 12.6. The topological polar surface area (TPSA) is 90.4 Å². The molecule has 4 aliphatic rings. The van der Waals surface area contributed by atoms with E-state index in [4.69, 9.17) is 19.9 Å². The molecule has 6 heterocycles. The van der Waals surface area contributed by atoms with Crippen LogP contribution in [-0.2, 0) is 14.2 Å². The van der Waals surface area contributed by atoms with Crippen LogP contribution in [0.25, 0.3) is 5.52 Å². The Morgan fingerprint density at radius 3 is 2.66 bits per heavy atom. The molecule has 192 valence electrons. The second-order valence-corrected chi connectivity index (χ2v) is 10.8. The minimum atomic E-state index is -2.62. The number of rotatable bonds is 5. The van der Waals surface area contributed by atoms with E-state index in [1.54, 1.807) is 4.52 Å². The third-order valence-corrected chi connectivity index (χ3v) is 7.85. The molecule has 0 amide bonds. The molecular weight excluding hydrogens is 458 g/mol. The average Bonchev–Trinajstić information content (AvgIpc) is 3.55. The summed E-state index contributed by atoms with van der Waals surface area (Å²) in [6.07, 6.45) is 2.06. The molecule has 5 atom stereocenters. The summed E-state index contributed by atoms with van der Waals surface area (Å²) in [7, 11) is 0. The number of nitrogens with two attached hydrogens (primary N) is 1. The molecule has 4 aliphatic heterocycles. The molecule has 4 saturated heterocycles. The van der Waals surface area contributed by atoms with E-state index in [1.165, 1.54) is 6.33 Å². The molecule has 11 heteroatoms. The van der Waals surface area contributed by atoms with Gasteiger partial charge in [0, 0.05) is 38.5 Å². The summed E-state index contributed by atoms with van der Waals surface area (Å²) < 4.78 is 49.7. The Hall–Kier alpha value is -1.92. The van der Waals surface area contributed by atoms with E-state index < -0.39 is 17.8 Å². The van der Waals surface area contributed by atoms with Crippen LogP contribution in [0.3, 0.4) is 0 Å². The van der Waals surface area contributed by atoms with Crippen molar-refractivity contribution in [3.8, 4) is 0 Å². The number of nitrogen functional groups attached to an aromatic ring is 1. The van der Waals surface area contributed by atoms with Crippen LogP contribution in [-0.4, -0.2) is 93.2 Å². The van der Waals surface area contributed by atoms with E-state index in [-0.39, 0.29) is 37.2 Å². The zero-order valence-corrected chi connectivity index (χ0v) is 20.3. The maximum Gasteiger partial charge on any atom is 0.250 e. The lowest BCUT2D eigenvalue weighted by molar-refractivity contribution is -0.192. The molecule has 9 nitrogen and oxygen atoms in total. The fraction of sp³-hybridized carbons (Fsp3) is 0.750. The summed E-state index contributed by atoms with van der Waals surface area (Å²) in [6, 6.07) is 3.59. The van der Waals surface area contributed by atoms with Gasteiger partial charge in [-0.3, -0.25) is 4.90 Å². The molecule has 4 fully saturated rings. The van der Waals surface area contributed by atoms with E-state index in [1.807, 2.05) is 26.0 Å². The molecule has 0 aliphatic carbocycles. The van der Waals surface area contributed by atoms with Crippen molar-refractivity contribution in [2.24, 2.45) is 0 Å². The Kier molecular flexibility index (Phi) is 5.76. The van der Waals surface area contributed by atoms with Crippen molar-refractivity contribution in [3.63, 3.8) is 0 Å². The minimum absolute atomic E-state index is 0.115. The molecule has 0 radical (unpaired) electrons. The zero-order chi connectivity index (χ0) is 24.4. The molecule has 0 unspecified atom stereocenters. The summed E-state index contributed by atoms with van der Waals surface area (Å²) in [5.41, 5.74) is 7.55. The van der Waals surface area contributed by atoms with Crippen LogP contribution in [0.5, 0.6) is 0 Å². The van der Waals surface area contributed by atoms with Crippen LogP contribution in [0.2, 0.25) is 0 Å². The Balaban J connectivity index is 1.26.